The van der Waals surface area contributed by atoms with Crippen molar-refractivity contribution in [3.05, 3.63) is 0 Å². The molecule has 4 unspecified atom stereocenters. The second kappa shape index (κ2) is 4.53. The molecule has 3 heterocycles. The molecule has 18 heavy (non-hydrogen) atoms. The van der Waals surface area contributed by atoms with Crippen LogP contribution in [0, 0.1) is 11.8 Å². The van der Waals surface area contributed by atoms with Crippen LogP contribution in [0.5, 0.6) is 0 Å². The lowest BCUT2D eigenvalue weighted by Gasteiger charge is -2.34. The number of rotatable bonds is 2. The van der Waals surface area contributed by atoms with Gasteiger partial charge < -0.3 is 15.3 Å². The molecule has 100 valence electrons. The van der Waals surface area contributed by atoms with Gasteiger partial charge in [0.2, 0.25) is 5.91 Å². The summed E-state index contributed by atoms with van der Waals surface area (Å²) in [6.45, 7) is 1.14. The third kappa shape index (κ3) is 2.00. The van der Waals surface area contributed by atoms with Crippen molar-refractivity contribution in [1.29, 1.82) is 0 Å². The smallest absolute Gasteiger partial charge is 0.308 e. The zero-order valence-electron chi connectivity index (χ0n) is 10.5. The zero-order chi connectivity index (χ0) is 12.7. The molecule has 3 fully saturated rings. The lowest BCUT2D eigenvalue weighted by atomic mass is 9.87. The Morgan fingerprint density at radius 1 is 1.22 bits per heavy atom. The van der Waals surface area contributed by atoms with Gasteiger partial charge in [-0.3, -0.25) is 9.59 Å². The van der Waals surface area contributed by atoms with Crippen LogP contribution in [-0.4, -0.2) is 47.1 Å². The quantitative estimate of drug-likeness (QED) is 0.748. The molecule has 4 atom stereocenters. The number of carboxylic acids is 1. The molecule has 0 aromatic carbocycles. The molecule has 2 N–H and O–H groups in total. The average Bonchev–Trinajstić information content (AvgIpc) is 3.00. The molecule has 0 aromatic rings. The molecule has 0 aromatic heterocycles. The number of nitrogens with one attached hydrogen (secondary N) is 1. The number of amides is 1. The molecule has 0 saturated carbocycles. The Labute approximate surface area is 107 Å². The molecule has 5 nitrogen and oxygen atoms in total. The van der Waals surface area contributed by atoms with Gasteiger partial charge in [0.1, 0.15) is 0 Å². The summed E-state index contributed by atoms with van der Waals surface area (Å²) in [6, 6.07) is 0.858. The van der Waals surface area contributed by atoms with Gasteiger partial charge in [-0.15, -0.1) is 0 Å². The highest BCUT2D eigenvalue weighted by Crippen LogP contribution is 2.35. The number of aliphatic carboxylic acids is 1. The standard InChI is InChI=1S/C13H20N2O3/c16-12(10-6-9-3-4-11(10)14-9)15-5-1-2-8(7-15)13(17)18/h8-11,14H,1-7H2,(H,17,18). The number of carboxylic acid groups (broad SMARTS) is 1. The van der Waals surface area contributed by atoms with Crippen molar-refractivity contribution in [2.24, 2.45) is 11.8 Å². The number of piperidine rings is 1. The van der Waals surface area contributed by atoms with E-state index in [1.807, 2.05) is 0 Å². The summed E-state index contributed by atoms with van der Waals surface area (Å²) in [5, 5.41) is 12.5. The number of likely N-dealkylation sites (tertiary alicyclic amines) is 1. The molecule has 3 saturated heterocycles. The van der Waals surface area contributed by atoms with Gasteiger partial charge >= 0.3 is 5.97 Å². The van der Waals surface area contributed by atoms with Gasteiger partial charge in [-0.2, -0.15) is 0 Å². The summed E-state index contributed by atoms with van der Waals surface area (Å²) in [6.07, 6.45) is 4.74. The summed E-state index contributed by atoms with van der Waals surface area (Å²) in [4.78, 5) is 25.3. The van der Waals surface area contributed by atoms with Crippen LogP contribution in [0.25, 0.3) is 0 Å². The zero-order valence-corrected chi connectivity index (χ0v) is 10.5. The first-order chi connectivity index (χ1) is 8.65. The number of hydrogen-bond donors (Lipinski definition) is 2. The molecular formula is C13H20N2O3. The maximum absolute atomic E-state index is 12.5. The molecule has 3 aliphatic heterocycles. The number of nitrogens with zero attached hydrogens (tertiary/aromatic N) is 1. The molecule has 2 bridgehead atoms. The van der Waals surface area contributed by atoms with Crippen molar-refractivity contribution in [3.8, 4) is 0 Å². The maximum atomic E-state index is 12.5. The second-order valence-corrected chi connectivity index (χ2v) is 5.85. The van der Waals surface area contributed by atoms with E-state index in [0.717, 1.165) is 25.8 Å². The number of carbonyl (C=O) groups is 2. The lowest BCUT2D eigenvalue weighted by Crippen LogP contribution is -2.47. The molecule has 1 amide bonds. The Morgan fingerprint density at radius 2 is 2.06 bits per heavy atom. The largest absolute Gasteiger partial charge is 0.481 e. The topological polar surface area (TPSA) is 69.6 Å². The normalized spacial score (nSPS) is 39.0. The van der Waals surface area contributed by atoms with Gasteiger partial charge in [-0.1, -0.05) is 0 Å². The predicted octanol–water partition coefficient (Wildman–Crippen LogP) is 0.450. The van der Waals surface area contributed by atoms with E-state index in [1.54, 1.807) is 4.90 Å². The SMILES string of the molecule is O=C(O)C1CCCN(C(=O)C2CC3CCC2N3)C1. The first kappa shape index (κ1) is 12.0. The van der Waals surface area contributed by atoms with Crippen molar-refractivity contribution in [1.82, 2.24) is 10.2 Å². The summed E-state index contributed by atoms with van der Waals surface area (Å²) in [5.41, 5.74) is 0. The Kier molecular flexibility index (Phi) is 3.01. The highest BCUT2D eigenvalue weighted by Gasteiger charge is 2.44. The van der Waals surface area contributed by atoms with Crippen molar-refractivity contribution >= 4 is 11.9 Å². The van der Waals surface area contributed by atoms with Crippen LogP contribution in [0.3, 0.4) is 0 Å². The van der Waals surface area contributed by atoms with Gasteiger partial charge in [0.25, 0.3) is 0 Å². The van der Waals surface area contributed by atoms with E-state index in [1.165, 1.54) is 6.42 Å². The summed E-state index contributed by atoms with van der Waals surface area (Å²) in [5.74, 6) is -0.857. The Bertz CT molecular complexity index is 371. The number of carbonyl (C=O) groups excluding carboxylic acids is 1. The van der Waals surface area contributed by atoms with Crippen molar-refractivity contribution in [3.63, 3.8) is 0 Å². The molecule has 3 rings (SSSR count). The summed E-state index contributed by atoms with van der Waals surface area (Å²) < 4.78 is 0. The maximum Gasteiger partial charge on any atom is 0.308 e. The van der Waals surface area contributed by atoms with Crippen LogP contribution < -0.4 is 5.32 Å². The molecule has 5 heteroatoms. The van der Waals surface area contributed by atoms with E-state index in [-0.39, 0.29) is 17.7 Å². The van der Waals surface area contributed by atoms with E-state index in [4.69, 9.17) is 5.11 Å². The van der Waals surface area contributed by atoms with E-state index in [2.05, 4.69) is 5.32 Å². The fraction of sp³-hybridized carbons (Fsp3) is 0.846. The fourth-order valence-electron chi connectivity index (χ4n) is 3.71. The van der Waals surface area contributed by atoms with Crippen LogP contribution in [0.15, 0.2) is 0 Å². The van der Waals surface area contributed by atoms with Crippen LogP contribution in [0.1, 0.15) is 32.1 Å². The summed E-state index contributed by atoms with van der Waals surface area (Å²) >= 11 is 0. The monoisotopic (exact) mass is 252 g/mol. The van der Waals surface area contributed by atoms with Gasteiger partial charge in [-0.25, -0.2) is 0 Å². The van der Waals surface area contributed by atoms with Gasteiger partial charge in [0, 0.05) is 25.2 Å². The van der Waals surface area contributed by atoms with Crippen LogP contribution in [0.2, 0.25) is 0 Å². The van der Waals surface area contributed by atoms with Crippen LogP contribution in [-0.2, 0) is 9.59 Å². The summed E-state index contributed by atoms with van der Waals surface area (Å²) in [7, 11) is 0. The Morgan fingerprint density at radius 3 is 2.67 bits per heavy atom. The molecule has 0 aliphatic carbocycles. The first-order valence-electron chi connectivity index (χ1n) is 6.93. The fourth-order valence-corrected chi connectivity index (χ4v) is 3.71. The van der Waals surface area contributed by atoms with Gasteiger partial charge in [-0.05, 0) is 32.1 Å². The Hall–Kier alpha value is -1.10. The molecule has 0 spiro atoms. The van der Waals surface area contributed by atoms with Gasteiger partial charge in [0.05, 0.1) is 11.8 Å². The first-order valence-corrected chi connectivity index (χ1v) is 6.93. The molecule has 0 radical (unpaired) electrons. The van der Waals surface area contributed by atoms with Crippen molar-refractivity contribution in [2.45, 2.75) is 44.2 Å². The number of fused-ring (bicyclic) bond motifs is 2. The predicted molar refractivity (Wildman–Crippen MR) is 65.0 cm³/mol. The van der Waals surface area contributed by atoms with Crippen molar-refractivity contribution < 1.29 is 14.7 Å². The van der Waals surface area contributed by atoms with E-state index in [9.17, 15) is 9.59 Å². The highest BCUT2D eigenvalue weighted by atomic mass is 16.4. The van der Waals surface area contributed by atoms with Crippen molar-refractivity contribution in [2.75, 3.05) is 13.1 Å². The van der Waals surface area contributed by atoms with Gasteiger partial charge in [0.15, 0.2) is 0 Å². The highest BCUT2D eigenvalue weighted by molar-refractivity contribution is 5.81. The number of hydrogen-bond acceptors (Lipinski definition) is 3. The lowest BCUT2D eigenvalue weighted by molar-refractivity contribution is -0.147. The second-order valence-electron chi connectivity index (χ2n) is 5.85. The minimum Gasteiger partial charge on any atom is -0.481 e. The minimum atomic E-state index is -0.765. The molecular weight excluding hydrogens is 232 g/mol. The minimum absolute atomic E-state index is 0.0938. The van der Waals surface area contributed by atoms with E-state index in [0.29, 0.717) is 25.0 Å². The van der Waals surface area contributed by atoms with E-state index >= 15 is 0 Å². The third-order valence-electron chi connectivity index (χ3n) is 4.70. The van der Waals surface area contributed by atoms with E-state index < -0.39 is 5.97 Å². The average molecular weight is 252 g/mol. The van der Waals surface area contributed by atoms with Crippen LogP contribution in [0.4, 0.5) is 0 Å². The third-order valence-corrected chi connectivity index (χ3v) is 4.70. The Balaban J connectivity index is 1.64. The van der Waals surface area contributed by atoms with Crippen LogP contribution >= 0.6 is 0 Å². The molecule has 3 aliphatic rings.